The molecule has 88 heavy (non-hydrogen) atoms. The lowest BCUT2D eigenvalue weighted by Gasteiger charge is -2.48. The summed E-state index contributed by atoms with van der Waals surface area (Å²) in [5, 5.41) is 120. The van der Waals surface area contributed by atoms with Crippen LogP contribution in [0.15, 0.2) is 36.5 Å². The van der Waals surface area contributed by atoms with Crippen LogP contribution in [0.5, 0.6) is 0 Å². The summed E-state index contributed by atoms with van der Waals surface area (Å²) in [6, 6.07) is -0.987. The van der Waals surface area contributed by atoms with E-state index in [9.17, 15) is 61.0 Å². The number of aliphatic hydroxyl groups is 11. The Kier molecular flexibility index (Phi) is 46.9. The molecule has 0 saturated carbocycles. The number of ether oxygens (including phenoxy) is 6. The van der Waals surface area contributed by atoms with Gasteiger partial charge in [0.25, 0.3) is 0 Å². The minimum absolute atomic E-state index is 0.238. The number of hydrogen-bond donors (Lipinski definition) is 12. The van der Waals surface area contributed by atoms with Crippen LogP contribution in [0.2, 0.25) is 0 Å². The van der Waals surface area contributed by atoms with Crippen LogP contribution >= 0.6 is 0 Å². The minimum atomic E-state index is -1.98. The largest absolute Gasteiger partial charge is 0.394 e. The minimum Gasteiger partial charge on any atom is -0.394 e. The van der Waals surface area contributed by atoms with Crippen molar-refractivity contribution in [2.75, 3.05) is 26.4 Å². The Hall–Kier alpha value is -1.99. The molecule has 17 unspecified atom stereocenters. The fourth-order valence-electron chi connectivity index (χ4n) is 11.9. The van der Waals surface area contributed by atoms with E-state index in [-0.39, 0.29) is 18.9 Å². The maximum Gasteiger partial charge on any atom is 0.220 e. The molecular weight excluding hydrogens is 1130 g/mol. The molecule has 3 rings (SSSR count). The van der Waals surface area contributed by atoms with E-state index >= 15 is 0 Å². The zero-order valence-electron chi connectivity index (χ0n) is 54.5. The molecule has 1 amide bonds. The lowest BCUT2D eigenvalue weighted by molar-refractivity contribution is -0.379. The van der Waals surface area contributed by atoms with E-state index < -0.39 is 124 Å². The Balaban J connectivity index is 1.36. The van der Waals surface area contributed by atoms with Gasteiger partial charge in [-0.05, 0) is 57.8 Å². The van der Waals surface area contributed by atoms with Crippen molar-refractivity contribution in [2.24, 2.45) is 0 Å². The number of carbonyl (C=O) groups excluding carboxylic acids is 1. The Morgan fingerprint density at radius 1 is 0.398 bits per heavy atom. The van der Waals surface area contributed by atoms with Crippen molar-refractivity contribution in [3.05, 3.63) is 36.5 Å². The number of hydrogen-bond acceptors (Lipinski definition) is 18. The molecule has 0 aliphatic carbocycles. The van der Waals surface area contributed by atoms with Gasteiger partial charge in [-0.15, -0.1) is 0 Å². The van der Waals surface area contributed by atoms with Gasteiger partial charge in [0, 0.05) is 6.42 Å². The van der Waals surface area contributed by atoms with Gasteiger partial charge >= 0.3 is 0 Å². The normalized spacial score (nSPS) is 28.6. The molecule has 3 saturated heterocycles. The van der Waals surface area contributed by atoms with Crippen molar-refractivity contribution in [1.29, 1.82) is 0 Å². The Morgan fingerprint density at radius 2 is 0.727 bits per heavy atom. The second-order valence-electron chi connectivity index (χ2n) is 25.3. The summed E-state index contributed by atoms with van der Waals surface area (Å²) >= 11 is 0. The van der Waals surface area contributed by atoms with Crippen LogP contribution in [0.25, 0.3) is 0 Å². The van der Waals surface area contributed by atoms with Crippen molar-refractivity contribution >= 4 is 5.91 Å². The molecule has 0 radical (unpaired) electrons. The number of unbranched alkanes of at least 4 members (excludes halogenated alkanes) is 34. The molecule has 12 N–H and O–H groups in total. The molecule has 516 valence electrons. The molecule has 0 aromatic rings. The van der Waals surface area contributed by atoms with E-state index in [1.165, 1.54) is 193 Å². The SMILES string of the molecule is CCCCCCCC/C=C/CC/C=C/C(O)C(COC1OC(CO)C(OC2OC(CO)C(OC3OC(CO)C(O)C(O)C3O)C(O)C2O)C(O)C1O)NC(=O)CCCCCCCCCCCCCCCCCCCCC/C=C\CCCCCCCCCC. The van der Waals surface area contributed by atoms with Gasteiger partial charge in [0.1, 0.15) is 73.2 Å². The average molecular weight is 1260 g/mol. The standard InChI is InChI=1S/C69H127NO18/c1-3-5-7-9-11-13-15-17-18-19-20-21-22-23-24-25-26-27-28-29-30-31-32-33-34-35-37-39-41-43-45-47-57(75)70-52(53(74)46-44-42-40-38-36-16-14-12-10-8-6-4-2)51-83-67-63(81)60(78)65(55(49-72)85-67)88-69-64(82)61(79)66(56(50-73)86-69)87-68-62(80)59(77)58(76)54(48-71)84-68/h19-20,36,38,44,46,52-56,58-69,71-74,76-82H,3-18,21-35,37,39-43,45,47-51H2,1-2H3,(H,70,75)/b20-19-,38-36+,46-44+. The third-order valence-electron chi connectivity index (χ3n) is 17.7. The fourth-order valence-corrected chi connectivity index (χ4v) is 11.9. The van der Waals surface area contributed by atoms with Gasteiger partial charge in [0.2, 0.25) is 5.91 Å². The number of aliphatic hydroxyl groups excluding tert-OH is 11. The summed E-state index contributed by atoms with van der Waals surface area (Å²) < 4.78 is 34.3. The van der Waals surface area contributed by atoms with E-state index in [2.05, 4.69) is 43.5 Å². The van der Waals surface area contributed by atoms with Crippen molar-refractivity contribution in [1.82, 2.24) is 5.32 Å². The quantitative estimate of drug-likeness (QED) is 0.0199. The summed E-state index contributed by atoms with van der Waals surface area (Å²) in [5.41, 5.74) is 0. The Morgan fingerprint density at radius 3 is 1.14 bits per heavy atom. The number of nitrogens with one attached hydrogen (secondary N) is 1. The second kappa shape index (κ2) is 51.4. The first-order valence-electron chi connectivity index (χ1n) is 35.2. The topological polar surface area (TPSA) is 307 Å². The van der Waals surface area contributed by atoms with Crippen LogP contribution in [-0.2, 0) is 33.2 Å². The number of amides is 1. The van der Waals surface area contributed by atoms with E-state index in [0.29, 0.717) is 12.8 Å². The number of carbonyl (C=O) groups is 1. The van der Waals surface area contributed by atoms with E-state index in [1.807, 2.05) is 6.08 Å². The van der Waals surface area contributed by atoms with Crippen LogP contribution in [0.3, 0.4) is 0 Å². The van der Waals surface area contributed by atoms with Gasteiger partial charge in [-0.2, -0.15) is 0 Å². The predicted octanol–water partition coefficient (Wildman–Crippen LogP) is 9.22. The zero-order chi connectivity index (χ0) is 64.0. The molecule has 17 atom stereocenters. The molecule has 0 spiro atoms. The van der Waals surface area contributed by atoms with Gasteiger partial charge in [0.15, 0.2) is 18.9 Å². The molecule has 0 aromatic carbocycles. The summed E-state index contributed by atoms with van der Waals surface area (Å²) in [4.78, 5) is 13.4. The van der Waals surface area contributed by atoms with E-state index in [4.69, 9.17) is 28.4 Å². The van der Waals surface area contributed by atoms with Crippen LogP contribution in [0.4, 0.5) is 0 Å². The van der Waals surface area contributed by atoms with E-state index in [0.717, 1.165) is 38.5 Å². The maximum atomic E-state index is 13.4. The fraction of sp³-hybridized carbons (Fsp3) is 0.899. The van der Waals surface area contributed by atoms with Crippen molar-refractivity contribution < 1.29 is 89.4 Å². The lowest BCUT2D eigenvalue weighted by atomic mass is 9.96. The summed E-state index contributed by atoms with van der Waals surface area (Å²) in [7, 11) is 0. The first-order chi connectivity index (χ1) is 42.8. The number of allylic oxidation sites excluding steroid dienone is 5. The van der Waals surface area contributed by atoms with Gasteiger partial charge < -0.3 is 89.9 Å². The van der Waals surface area contributed by atoms with Gasteiger partial charge in [-0.25, -0.2) is 0 Å². The van der Waals surface area contributed by atoms with Crippen molar-refractivity contribution in [3.8, 4) is 0 Å². The van der Waals surface area contributed by atoms with E-state index in [1.54, 1.807) is 6.08 Å². The second-order valence-corrected chi connectivity index (χ2v) is 25.3. The lowest BCUT2D eigenvalue weighted by Crippen LogP contribution is -2.66. The zero-order valence-corrected chi connectivity index (χ0v) is 54.5. The molecule has 19 heteroatoms. The first-order valence-corrected chi connectivity index (χ1v) is 35.2. The third kappa shape index (κ3) is 33.2. The van der Waals surface area contributed by atoms with Crippen LogP contribution in [-0.4, -0.2) is 193 Å². The van der Waals surface area contributed by atoms with Gasteiger partial charge in [0.05, 0.1) is 38.6 Å². The molecule has 0 bridgehead atoms. The molecular formula is C69H127NO18. The third-order valence-corrected chi connectivity index (χ3v) is 17.7. The highest BCUT2D eigenvalue weighted by molar-refractivity contribution is 5.76. The van der Waals surface area contributed by atoms with Crippen LogP contribution in [0, 0.1) is 0 Å². The number of rotatable bonds is 54. The van der Waals surface area contributed by atoms with Gasteiger partial charge in [-0.3, -0.25) is 4.79 Å². The highest BCUT2D eigenvalue weighted by Crippen LogP contribution is 2.33. The monoisotopic (exact) mass is 1260 g/mol. The van der Waals surface area contributed by atoms with Gasteiger partial charge in [-0.1, -0.05) is 237 Å². The Bertz CT molecular complexity index is 1740. The maximum absolute atomic E-state index is 13.4. The molecule has 3 aliphatic rings. The Labute approximate surface area is 530 Å². The summed E-state index contributed by atoms with van der Waals surface area (Å²) in [6.07, 6.45) is 33.0. The summed E-state index contributed by atoms with van der Waals surface area (Å²) in [5.74, 6) is -0.283. The summed E-state index contributed by atoms with van der Waals surface area (Å²) in [6.45, 7) is 1.70. The molecule has 3 aliphatic heterocycles. The highest BCUT2D eigenvalue weighted by Gasteiger charge is 2.53. The average Bonchev–Trinajstić information content (AvgIpc) is 1.20. The molecule has 0 aromatic heterocycles. The smallest absolute Gasteiger partial charge is 0.220 e. The van der Waals surface area contributed by atoms with Crippen molar-refractivity contribution in [2.45, 2.75) is 369 Å². The van der Waals surface area contributed by atoms with Crippen LogP contribution < -0.4 is 5.32 Å². The highest BCUT2D eigenvalue weighted by atomic mass is 16.8. The molecule has 3 heterocycles. The first kappa shape index (κ1) is 80.2. The predicted molar refractivity (Wildman–Crippen MR) is 342 cm³/mol. The molecule has 3 fully saturated rings. The van der Waals surface area contributed by atoms with Crippen LogP contribution in [0.1, 0.15) is 264 Å². The molecule has 19 nitrogen and oxygen atoms in total. The van der Waals surface area contributed by atoms with Crippen molar-refractivity contribution in [3.63, 3.8) is 0 Å².